The lowest BCUT2D eigenvalue weighted by Crippen LogP contribution is -2.50. The van der Waals surface area contributed by atoms with Gasteiger partial charge in [-0.2, -0.15) is 0 Å². The Morgan fingerprint density at radius 3 is 2.30 bits per heavy atom. The highest BCUT2D eigenvalue weighted by molar-refractivity contribution is 5.96. The van der Waals surface area contributed by atoms with Crippen molar-refractivity contribution in [2.45, 2.75) is 26.7 Å². The maximum absolute atomic E-state index is 13.2. The lowest BCUT2D eigenvalue weighted by atomic mass is 10.1. The molecule has 0 saturated carbocycles. The molecule has 144 valence electrons. The van der Waals surface area contributed by atoms with Crippen molar-refractivity contribution in [2.24, 2.45) is 7.05 Å². The summed E-state index contributed by atoms with van der Waals surface area (Å²) in [4.78, 5) is 28.8. The fourth-order valence-corrected chi connectivity index (χ4v) is 3.50. The summed E-state index contributed by atoms with van der Waals surface area (Å²) in [5.41, 5.74) is 3.58. The zero-order valence-corrected chi connectivity index (χ0v) is 16.2. The van der Waals surface area contributed by atoms with Crippen LogP contribution >= 0.6 is 0 Å². The van der Waals surface area contributed by atoms with Crippen LogP contribution in [-0.4, -0.2) is 52.4 Å². The lowest BCUT2D eigenvalue weighted by Gasteiger charge is -2.35. The Bertz CT molecular complexity index is 851. The van der Waals surface area contributed by atoms with Gasteiger partial charge < -0.3 is 14.4 Å². The molecule has 0 bridgehead atoms. The van der Waals surface area contributed by atoms with E-state index >= 15 is 0 Å². The minimum absolute atomic E-state index is 0.0306. The third kappa shape index (κ3) is 4.21. The minimum atomic E-state index is -0.279. The van der Waals surface area contributed by atoms with Gasteiger partial charge in [0, 0.05) is 51.0 Å². The van der Waals surface area contributed by atoms with Crippen LogP contribution in [0.25, 0.3) is 0 Å². The number of nitrogens with zero attached hydrogens (tertiary/aromatic N) is 3. The molecule has 1 aliphatic rings. The monoisotopic (exact) mass is 371 g/mol. The zero-order chi connectivity index (χ0) is 19.6. The molecule has 1 aromatic carbocycles. The molecular formula is C21H26FN3O2. The van der Waals surface area contributed by atoms with E-state index in [4.69, 9.17) is 0 Å². The number of carbonyl (C=O) groups excluding carboxylic acids is 2. The Morgan fingerprint density at radius 2 is 1.70 bits per heavy atom. The topological polar surface area (TPSA) is 45.6 Å². The van der Waals surface area contributed by atoms with E-state index in [-0.39, 0.29) is 17.6 Å². The van der Waals surface area contributed by atoms with Gasteiger partial charge in [-0.05, 0) is 44.0 Å². The lowest BCUT2D eigenvalue weighted by molar-refractivity contribution is -0.132. The molecule has 2 aromatic rings. The van der Waals surface area contributed by atoms with Crippen molar-refractivity contribution >= 4 is 11.8 Å². The van der Waals surface area contributed by atoms with E-state index in [1.165, 1.54) is 12.1 Å². The molecule has 6 heteroatoms. The summed E-state index contributed by atoms with van der Waals surface area (Å²) in [5.74, 6) is -0.195. The summed E-state index contributed by atoms with van der Waals surface area (Å²) in [6.45, 7) is 6.10. The molecule has 0 radical (unpaired) electrons. The smallest absolute Gasteiger partial charge is 0.255 e. The SMILES string of the molecule is Cc1cc(C(=O)N2CCN(C(=O)CCc3cccc(F)c3)CC2)c(C)n1C. The predicted molar refractivity (Wildman–Crippen MR) is 102 cm³/mol. The molecule has 2 amide bonds. The number of hydrogen-bond acceptors (Lipinski definition) is 2. The van der Waals surface area contributed by atoms with Crippen LogP contribution in [0.1, 0.15) is 33.7 Å². The Kier molecular flexibility index (Phi) is 5.63. The zero-order valence-electron chi connectivity index (χ0n) is 16.2. The first-order valence-electron chi connectivity index (χ1n) is 9.31. The molecular weight excluding hydrogens is 345 g/mol. The van der Waals surface area contributed by atoms with Crippen LogP contribution in [0.4, 0.5) is 4.39 Å². The first-order chi connectivity index (χ1) is 12.9. The van der Waals surface area contributed by atoms with Crippen LogP contribution < -0.4 is 0 Å². The Hall–Kier alpha value is -2.63. The molecule has 0 atom stereocenters. The van der Waals surface area contributed by atoms with Gasteiger partial charge in [-0.25, -0.2) is 4.39 Å². The number of benzene rings is 1. The Balaban J connectivity index is 1.52. The molecule has 1 aromatic heterocycles. The van der Waals surface area contributed by atoms with Crippen molar-refractivity contribution in [3.05, 3.63) is 58.7 Å². The number of halogens is 1. The van der Waals surface area contributed by atoms with Crippen LogP contribution in [0.2, 0.25) is 0 Å². The largest absolute Gasteiger partial charge is 0.351 e. The van der Waals surface area contributed by atoms with Gasteiger partial charge in [0.1, 0.15) is 5.82 Å². The summed E-state index contributed by atoms with van der Waals surface area (Å²) >= 11 is 0. The van der Waals surface area contributed by atoms with E-state index in [9.17, 15) is 14.0 Å². The molecule has 0 aliphatic carbocycles. The van der Waals surface area contributed by atoms with E-state index < -0.39 is 0 Å². The highest BCUT2D eigenvalue weighted by atomic mass is 19.1. The molecule has 1 saturated heterocycles. The van der Waals surface area contributed by atoms with E-state index in [1.807, 2.05) is 42.5 Å². The molecule has 5 nitrogen and oxygen atoms in total. The number of rotatable bonds is 4. The Morgan fingerprint density at radius 1 is 1.04 bits per heavy atom. The number of hydrogen-bond donors (Lipinski definition) is 0. The molecule has 1 fully saturated rings. The van der Waals surface area contributed by atoms with Crippen molar-refractivity contribution in [3.8, 4) is 0 Å². The van der Waals surface area contributed by atoms with Crippen molar-refractivity contribution < 1.29 is 14.0 Å². The molecule has 3 rings (SSSR count). The van der Waals surface area contributed by atoms with Gasteiger partial charge in [-0.3, -0.25) is 9.59 Å². The van der Waals surface area contributed by atoms with Gasteiger partial charge >= 0.3 is 0 Å². The van der Waals surface area contributed by atoms with Crippen LogP contribution in [0.3, 0.4) is 0 Å². The standard InChI is InChI=1S/C21H26FN3O2/c1-15-13-19(16(2)23(15)3)21(27)25-11-9-24(10-12-25)20(26)8-7-17-5-4-6-18(22)14-17/h4-6,13-14H,7-12H2,1-3H3. The van der Waals surface area contributed by atoms with E-state index in [0.717, 1.165) is 22.5 Å². The van der Waals surface area contributed by atoms with Gasteiger partial charge in [0.05, 0.1) is 5.56 Å². The normalized spacial score (nSPS) is 14.5. The number of piperazine rings is 1. The number of carbonyl (C=O) groups is 2. The van der Waals surface area contributed by atoms with E-state index in [0.29, 0.717) is 39.0 Å². The van der Waals surface area contributed by atoms with Crippen molar-refractivity contribution in [1.29, 1.82) is 0 Å². The molecule has 1 aliphatic heterocycles. The fourth-order valence-electron chi connectivity index (χ4n) is 3.50. The Labute approximate surface area is 159 Å². The van der Waals surface area contributed by atoms with Crippen molar-refractivity contribution in [1.82, 2.24) is 14.4 Å². The third-order valence-corrected chi connectivity index (χ3v) is 5.44. The van der Waals surface area contributed by atoms with Crippen LogP contribution in [0, 0.1) is 19.7 Å². The minimum Gasteiger partial charge on any atom is -0.351 e. The van der Waals surface area contributed by atoms with E-state index in [1.54, 1.807) is 11.0 Å². The van der Waals surface area contributed by atoms with Crippen LogP contribution in [0.5, 0.6) is 0 Å². The molecule has 0 spiro atoms. The van der Waals surface area contributed by atoms with Crippen LogP contribution in [0.15, 0.2) is 30.3 Å². The third-order valence-electron chi connectivity index (χ3n) is 5.44. The van der Waals surface area contributed by atoms with Gasteiger partial charge in [0.2, 0.25) is 5.91 Å². The molecule has 0 unspecified atom stereocenters. The second kappa shape index (κ2) is 7.94. The molecule has 2 heterocycles. The first-order valence-corrected chi connectivity index (χ1v) is 9.31. The molecule has 27 heavy (non-hydrogen) atoms. The molecule has 0 N–H and O–H groups in total. The van der Waals surface area contributed by atoms with Gasteiger partial charge in [-0.15, -0.1) is 0 Å². The second-order valence-electron chi connectivity index (χ2n) is 7.15. The predicted octanol–water partition coefficient (Wildman–Crippen LogP) is 2.70. The highest BCUT2D eigenvalue weighted by Gasteiger charge is 2.26. The van der Waals surface area contributed by atoms with Gasteiger partial charge in [0.25, 0.3) is 5.91 Å². The summed E-state index contributed by atoms with van der Waals surface area (Å²) < 4.78 is 15.2. The summed E-state index contributed by atoms with van der Waals surface area (Å²) in [5, 5.41) is 0. The average molecular weight is 371 g/mol. The van der Waals surface area contributed by atoms with Crippen LogP contribution in [-0.2, 0) is 18.3 Å². The quantitative estimate of drug-likeness (QED) is 0.830. The fraction of sp³-hybridized carbons (Fsp3) is 0.429. The maximum atomic E-state index is 13.2. The summed E-state index contributed by atoms with van der Waals surface area (Å²) in [7, 11) is 1.96. The van der Waals surface area contributed by atoms with E-state index in [2.05, 4.69) is 0 Å². The summed E-state index contributed by atoms with van der Waals surface area (Å²) in [6, 6.07) is 8.28. The average Bonchev–Trinajstić information content (AvgIpc) is 2.93. The van der Waals surface area contributed by atoms with Crippen molar-refractivity contribution in [2.75, 3.05) is 26.2 Å². The second-order valence-corrected chi connectivity index (χ2v) is 7.15. The van der Waals surface area contributed by atoms with Gasteiger partial charge in [0.15, 0.2) is 0 Å². The first kappa shape index (κ1) is 19.1. The maximum Gasteiger partial charge on any atom is 0.255 e. The van der Waals surface area contributed by atoms with Crippen molar-refractivity contribution in [3.63, 3.8) is 0 Å². The van der Waals surface area contributed by atoms with Gasteiger partial charge in [-0.1, -0.05) is 12.1 Å². The summed E-state index contributed by atoms with van der Waals surface area (Å²) in [6.07, 6.45) is 0.882. The number of aryl methyl sites for hydroxylation is 2. The highest BCUT2D eigenvalue weighted by Crippen LogP contribution is 2.17. The number of amides is 2. The number of aromatic nitrogens is 1.